The highest BCUT2D eigenvalue weighted by Crippen LogP contribution is 2.37. The van der Waals surface area contributed by atoms with Crippen molar-refractivity contribution in [1.82, 2.24) is 0 Å². The smallest absolute Gasteiger partial charge is 0.124 e. The van der Waals surface area contributed by atoms with Gasteiger partial charge in [-0.05, 0) is 24.8 Å². The van der Waals surface area contributed by atoms with E-state index in [4.69, 9.17) is 5.73 Å². The van der Waals surface area contributed by atoms with E-state index in [2.05, 4.69) is 0 Å². The molecule has 1 aromatic rings. The summed E-state index contributed by atoms with van der Waals surface area (Å²) in [5, 5.41) is 19.0. The first-order valence-electron chi connectivity index (χ1n) is 5.96. The van der Waals surface area contributed by atoms with Gasteiger partial charge < -0.3 is 15.9 Å². The SMILES string of the molecule is Cl.N[C@@H](c1ccc(O)cc1O)C1CCCCC1. The highest BCUT2D eigenvalue weighted by Gasteiger charge is 2.23. The molecule has 3 nitrogen and oxygen atoms in total. The summed E-state index contributed by atoms with van der Waals surface area (Å²) in [5.74, 6) is 0.652. The Hall–Kier alpha value is -0.930. The number of phenolic OH excluding ortho intramolecular Hbond substituents is 2. The van der Waals surface area contributed by atoms with E-state index in [0.717, 1.165) is 18.4 Å². The molecule has 2 rings (SSSR count). The van der Waals surface area contributed by atoms with Crippen molar-refractivity contribution >= 4 is 12.4 Å². The van der Waals surface area contributed by atoms with Gasteiger partial charge in [0.25, 0.3) is 0 Å². The van der Waals surface area contributed by atoms with Gasteiger partial charge in [-0.3, -0.25) is 0 Å². The number of rotatable bonds is 2. The summed E-state index contributed by atoms with van der Waals surface area (Å²) in [5.41, 5.74) is 6.93. The van der Waals surface area contributed by atoms with Gasteiger partial charge in [-0.15, -0.1) is 12.4 Å². The minimum absolute atomic E-state index is 0. The van der Waals surface area contributed by atoms with Crippen molar-refractivity contribution in [3.05, 3.63) is 23.8 Å². The van der Waals surface area contributed by atoms with Crippen molar-refractivity contribution in [2.75, 3.05) is 0 Å². The zero-order valence-electron chi connectivity index (χ0n) is 9.80. The molecule has 0 aliphatic heterocycles. The quantitative estimate of drug-likeness (QED) is 0.763. The Morgan fingerprint density at radius 1 is 1.12 bits per heavy atom. The fraction of sp³-hybridized carbons (Fsp3) is 0.538. The van der Waals surface area contributed by atoms with Crippen molar-refractivity contribution in [1.29, 1.82) is 0 Å². The van der Waals surface area contributed by atoms with Crippen LogP contribution in [-0.4, -0.2) is 10.2 Å². The lowest BCUT2D eigenvalue weighted by Crippen LogP contribution is -2.23. The van der Waals surface area contributed by atoms with Crippen LogP contribution in [0, 0.1) is 5.92 Å². The van der Waals surface area contributed by atoms with Crippen molar-refractivity contribution in [3.63, 3.8) is 0 Å². The molecule has 0 aromatic heterocycles. The van der Waals surface area contributed by atoms with Gasteiger partial charge in [-0.2, -0.15) is 0 Å². The molecular weight excluding hydrogens is 238 g/mol. The Morgan fingerprint density at radius 2 is 1.76 bits per heavy atom. The molecule has 0 heterocycles. The molecule has 96 valence electrons. The highest BCUT2D eigenvalue weighted by atomic mass is 35.5. The first-order chi connectivity index (χ1) is 7.68. The minimum Gasteiger partial charge on any atom is -0.508 e. The minimum atomic E-state index is -0.110. The molecule has 4 heteroatoms. The zero-order chi connectivity index (χ0) is 11.5. The Morgan fingerprint density at radius 3 is 2.35 bits per heavy atom. The van der Waals surface area contributed by atoms with Crippen LogP contribution in [0.15, 0.2) is 18.2 Å². The lowest BCUT2D eigenvalue weighted by Gasteiger charge is -2.28. The van der Waals surface area contributed by atoms with E-state index in [0.29, 0.717) is 5.92 Å². The molecule has 1 aliphatic carbocycles. The van der Waals surface area contributed by atoms with Gasteiger partial charge in [0, 0.05) is 17.7 Å². The molecule has 1 fully saturated rings. The first kappa shape index (κ1) is 14.1. The standard InChI is InChI=1S/C13H19NO2.ClH/c14-13(9-4-2-1-3-5-9)11-7-6-10(15)8-12(11)16;/h6-9,13,15-16H,1-5,14H2;1H/t13-;/m1./s1. The van der Waals surface area contributed by atoms with Gasteiger partial charge in [0.1, 0.15) is 11.5 Å². The second kappa shape index (κ2) is 6.12. The number of hydrogen-bond acceptors (Lipinski definition) is 3. The van der Waals surface area contributed by atoms with Crippen LogP contribution < -0.4 is 5.73 Å². The van der Waals surface area contributed by atoms with E-state index in [1.54, 1.807) is 12.1 Å². The van der Waals surface area contributed by atoms with Gasteiger partial charge >= 0.3 is 0 Å². The molecule has 0 radical (unpaired) electrons. The fourth-order valence-electron chi connectivity index (χ4n) is 2.56. The Bertz CT molecular complexity index is 364. The van der Waals surface area contributed by atoms with Crippen molar-refractivity contribution < 1.29 is 10.2 Å². The predicted octanol–water partition coefficient (Wildman–Crippen LogP) is 3.10. The second-order valence-electron chi connectivity index (χ2n) is 4.67. The van der Waals surface area contributed by atoms with Gasteiger partial charge in [0.05, 0.1) is 0 Å². The highest BCUT2D eigenvalue weighted by molar-refractivity contribution is 5.85. The summed E-state index contributed by atoms with van der Waals surface area (Å²) in [6.45, 7) is 0. The molecule has 0 unspecified atom stereocenters. The molecule has 0 saturated heterocycles. The fourth-order valence-corrected chi connectivity index (χ4v) is 2.56. The zero-order valence-corrected chi connectivity index (χ0v) is 10.6. The van der Waals surface area contributed by atoms with Crippen LogP contribution in [0.25, 0.3) is 0 Å². The van der Waals surface area contributed by atoms with Crippen molar-refractivity contribution in [2.24, 2.45) is 11.7 Å². The number of aromatic hydroxyl groups is 2. The van der Waals surface area contributed by atoms with E-state index in [-0.39, 0.29) is 29.9 Å². The van der Waals surface area contributed by atoms with Crippen LogP contribution in [0.1, 0.15) is 43.7 Å². The van der Waals surface area contributed by atoms with Gasteiger partial charge in [-0.25, -0.2) is 0 Å². The molecule has 0 amide bonds. The average Bonchev–Trinajstić information content (AvgIpc) is 2.29. The molecule has 1 saturated carbocycles. The summed E-state index contributed by atoms with van der Waals surface area (Å²) >= 11 is 0. The van der Waals surface area contributed by atoms with E-state index in [1.165, 1.54) is 25.3 Å². The van der Waals surface area contributed by atoms with Crippen LogP contribution >= 0.6 is 12.4 Å². The van der Waals surface area contributed by atoms with Gasteiger partial charge in [0.2, 0.25) is 0 Å². The third kappa shape index (κ3) is 3.27. The topological polar surface area (TPSA) is 66.5 Å². The molecule has 17 heavy (non-hydrogen) atoms. The maximum atomic E-state index is 9.75. The monoisotopic (exact) mass is 257 g/mol. The van der Waals surface area contributed by atoms with Crippen molar-refractivity contribution in [2.45, 2.75) is 38.1 Å². The van der Waals surface area contributed by atoms with Crippen LogP contribution in [0.5, 0.6) is 11.5 Å². The summed E-state index contributed by atoms with van der Waals surface area (Å²) in [6.07, 6.45) is 6.04. The Labute approximate surface area is 108 Å². The largest absolute Gasteiger partial charge is 0.508 e. The van der Waals surface area contributed by atoms with Gasteiger partial charge in [0.15, 0.2) is 0 Å². The van der Waals surface area contributed by atoms with Crippen LogP contribution in [0.4, 0.5) is 0 Å². The Kier molecular flexibility index (Phi) is 5.09. The Balaban J connectivity index is 0.00000144. The summed E-state index contributed by atoms with van der Waals surface area (Å²) < 4.78 is 0. The molecule has 0 bridgehead atoms. The summed E-state index contributed by atoms with van der Waals surface area (Å²) in [6, 6.07) is 4.56. The second-order valence-corrected chi connectivity index (χ2v) is 4.67. The van der Waals surface area contributed by atoms with E-state index >= 15 is 0 Å². The number of hydrogen-bond donors (Lipinski definition) is 3. The van der Waals surface area contributed by atoms with E-state index in [9.17, 15) is 10.2 Å². The summed E-state index contributed by atoms with van der Waals surface area (Å²) in [7, 11) is 0. The first-order valence-corrected chi connectivity index (χ1v) is 5.96. The number of nitrogens with two attached hydrogens (primary N) is 1. The number of benzene rings is 1. The van der Waals surface area contributed by atoms with Crippen LogP contribution in [-0.2, 0) is 0 Å². The number of phenols is 2. The predicted molar refractivity (Wildman–Crippen MR) is 70.5 cm³/mol. The van der Waals surface area contributed by atoms with E-state index in [1.807, 2.05) is 0 Å². The molecule has 0 spiro atoms. The molecule has 1 aromatic carbocycles. The average molecular weight is 258 g/mol. The third-order valence-corrected chi connectivity index (χ3v) is 3.53. The molecule has 1 aliphatic rings. The van der Waals surface area contributed by atoms with Crippen LogP contribution in [0.2, 0.25) is 0 Å². The lowest BCUT2D eigenvalue weighted by atomic mass is 9.81. The maximum Gasteiger partial charge on any atom is 0.124 e. The third-order valence-electron chi connectivity index (χ3n) is 3.53. The lowest BCUT2D eigenvalue weighted by molar-refractivity contribution is 0.302. The number of halogens is 1. The van der Waals surface area contributed by atoms with E-state index < -0.39 is 0 Å². The van der Waals surface area contributed by atoms with Crippen molar-refractivity contribution in [3.8, 4) is 11.5 Å². The maximum absolute atomic E-state index is 9.75. The molecule has 4 N–H and O–H groups in total. The van der Waals surface area contributed by atoms with Crippen LogP contribution in [0.3, 0.4) is 0 Å². The molecule has 1 atom stereocenters. The molecular formula is C13H20ClNO2. The van der Waals surface area contributed by atoms with Gasteiger partial charge in [-0.1, -0.05) is 25.3 Å². The normalized spacial score (nSPS) is 18.4. The summed E-state index contributed by atoms with van der Waals surface area (Å²) in [4.78, 5) is 0.